The Morgan fingerprint density at radius 1 is 1.22 bits per heavy atom. The van der Waals surface area contributed by atoms with Gasteiger partial charge in [-0.3, -0.25) is 4.79 Å². The van der Waals surface area contributed by atoms with Crippen molar-refractivity contribution in [3.8, 4) is 11.5 Å². The Labute approximate surface area is 134 Å². The van der Waals surface area contributed by atoms with Crippen LogP contribution >= 0.6 is 0 Å². The molecular weight excluding hydrogens is 292 g/mol. The predicted octanol–water partition coefficient (Wildman–Crippen LogP) is 2.42. The van der Waals surface area contributed by atoms with Crippen molar-refractivity contribution in [3.05, 3.63) is 47.5 Å². The minimum absolute atomic E-state index is 0.0439. The molecule has 23 heavy (non-hydrogen) atoms. The van der Waals surface area contributed by atoms with Crippen molar-refractivity contribution in [1.29, 1.82) is 0 Å². The molecular formula is C18H18N2O3. The van der Waals surface area contributed by atoms with E-state index in [0.717, 1.165) is 24.3 Å². The normalized spacial score (nSPS) is 19.0. The molecule has 2 aliphatic heterocycles. The molecule has 0 aromatic heterocycles. The Hall–Kier alpha value is -2.69. The average Bonchev–Trinajstić information content (AvgIpc) is 2.87. The number of para-hydroxylation sites is 1. The van der Waals surface area contributed by atoms with Gasteiger partial charge in [0, 0.05) is 25.3 Å². The monoisotopic (exact) mass is 310 g/mol. The molecule has 0 spiro atoms. The highest BCUT2D eigenvalue weighted by atomic mass is 16.5. The molecule has 0 fully saturated rings. The summed E-state index contributed by atoms with van der Waals surface area (Å²) in [6, 6.07) is 11.4. The van der Waals surface area contributed by atoms with Crippen molar-refractivity contribution in [2.24, 2.45) is 0 Å². The average molecular weight is 310 g/mol. The molecule has 1 atom stereocenters. The van der Waals surface area contributed by atoms with Crippen LogP contribution in [0.15, 0.2) is 36.4 Å². The molecule has 4 rings (SSSR count). The number of phenolic OH excluding ortho intramolecular Hbond substituents is 1. The summed E-state index contributed by atoms with van der Waals surface area (Å²) >= 11 is 0. The fourth-order valence-electron chi connectivity index (χ4n) is 3.63. The molecule has 2 aromatic rings. The van der Waals surface area contributed by atoms with Crippen LogP contribution in [0.1, 0.15) is 15.9 Å². The maximum Gasteiger partial charge on any atom is 0.260 e. The molecule has 0 saturated heterocycles. The topological polar surface area (TPSA) is 53.0 Å². The van der Waals surface area contributed by atoms with E-state index in [1.807, 2.05) is 35.0 Å². The van der Waals surface area contributed by atoms with Gasteiger partial charge in [0.1, 0.15) is 0 Å². The second-order valence-electron chi connectivity index (χ2n) is 6.08. The summed E-state index contributed by atoms with van der Waals surface area (Å²) in [7, 11) is 3.44. The molecule has 1 amide bonds. The van der Waals surface area contributed by atoms with E-state index in [9.17, 15) is 9.90 Å². The Balaban J connectivity index is 1.89. The number of rotatable bonds is 1. The number of carbonyl (C=O) groups excluding carboxylic acids is 1. The summed E-state index contributed by atoms with van der Waals surface area (Å²) in [5.41, 5.74) is 3.48. The fourth-order valence-corrected chi connectivity index (χ4v) is 3.63. The summed E-state index contributed by atoms with van der Waals surface area (Å²) < 4.78 is 5.18. The van der Waals surface area contributed by atoms with Crippen LogP contribution < -0.4 is 14.5 Å². The van der Waals surface area contributed by atoms with Crippen molar-refractivity contribution in [1.82, 2.24) is 0 Å². The Morgan fingerprint density at radius 3 is 2.78 bits per heavy atom. The zero-order valence-electron chi connectivity index (χ0n) is 13.1. The first-order valence-electron chi connectivity index (χ1n) is 7.63. The first-order chi connectivity index (χ1) is 11.1. The molecule has 2 aromatic carbocycles. The largest absolute Gasteiger partial charge is 0.504 e. The van der Waals surface area contributed by atoms with Crippen molar-refractivity contribution in [3.63, 3.8) is 0 Å². The number of ether oxygens (including phenoxy) is 1. The second-order valence-corrected chi connectivity index (χ2v) is 6.08. The van der Waals surface area contributed by atoms with Gasteiger partial charge in [-0.15, -0.1) is 0 Å². The Morgan fingerprint density at radius 2 is 2.00 bits per heavy atom. The molecule has 2 heterocycles. The molecule has 0 bridgehead atoms. The summed E-state index contributed by atoms with van der Waals surface area (Å²) in [4.78, 5) is 17.1. The zero-order valence-corrected chi connectivity index (χ0v) is 13.1. The van der Waals surface area contributed by atoms with Crippen LogP contribution in [0.2, 0.25) is 0 Å². The smallest absolute Gasteiger partial charge is 0.260 e. The maximum absolute atomic E-state index is 13.2. The summed E-state index contributed by atoms with van der Waals surface area (Å²) in [6.07, 6.45) is 0.851. The zero-order chi connectivity index (χ0) is 16.1. The number of methoxy groups -OCH3 is 1. The SMILES string of the molecule is COc1cc2c(cc1O)N(C)CC1Cc3ccccc3N1C2=O. The molecule has 118 valence electrons. The highest BCUT2D eigenvalue weighted by Crippen LogP contribution is 2.41. The van der Waals surface area contributed by atoms with Crippen LogP contribution in [0.4, 0.5) is 11.4 Å². The van der Waals surface area contributed by atoms with Crippen LogP contribution in [0.5, 0.6) is 11.5 Å². The lowest BCUT2D eigenvalue weighted by Gasteiger charge is -2.25. The molecule has 0 aliphatic carbocycles. The van der Waals surface area contributed by atoms with E-state index in [4.69, 9.17) is 4.74 Å². The summed E-state index contributed by atoms with van der Waals surface area (Å²) in [5.74, 6) is 0.322. The van der Waals surface area contributed by atoms with Crippen molar-refractivity contribution in [2.45, 2.75) is 12.5 Å². The van der Waals surface area contributed by atoms with Gasteiger partial charge in [0.15, 0.2) is 11.5 Å². The number of hydrogen-bond donors (Lipinski definition) is 1. The van der Waals surface area contributed by atoms with Gasteiger partial charge < -0.3 is 19.6 Å². The maximum atomic E-state index is 13.2. The minimum Gasteiger partial charge on any atom is -0.504 e. The molecule has 5 heteroatoms. The van der Waals surface area contributed by atoms with E-state index >= 15 is 0 Å². The number of carbonyl (C=O) groups is 1. The standard InChI is InChI=1S/C18H18N2O3/c1-19-10-12-7-11-5-3-4-6-14(11)20(12)18(22)13-8-17(23-2)16(21)9-15(13)19/h3-6,8-9,12,21H,7,10H2,1-2H3. The molecule has 0 saturated carbocycles. The number of anilines is 2. The van der Waals surface area contributed by atoms with E-state index in [1.54, 1.807) is 12.1 Å². The number of hydrogen-bond acceptors (Lipinski definition) is 4. The van der Waals surface area contributed by atoms with E-state index in [2.05, 4.69) is 6.07 Å². The fraction of sp³-hybridized carbons (Fsp3) is 0.278. The predicted molar refractivity (Wildman–Crippen MR) is 88.7 cm³/mol. The number of fused-ring (bicyclic) bond motifs is 4. The van der Waals surface area contributed by atoms with E-state index in [1.165, 1.54) is 12.7 Å². The second kappa shape index (κ2) is 4.91. The van der Waals surface area contributed by atoms with Crippen molar-refractivity contribution >= 4 is 17.3 Å². The third-order valence-electron chi connectivity index (χ3n) is 4.71. The molecule has 1 unspecified atom stereocenters. The number of aromatic hydroxyl groups is 1. The van der Waals surface area contributed by atoms with E-state index in [-0.39, 0.29) is 17.7 Å². The molecule has 1 N–H and O–H groups in total. The highest BCUT2D eigenvalue weighted by molar-refractivity contribution is 6.12. The summed E-state index contributed by atoms with van der Waals surface area (Å²) in [6.45, 7) is 0.721. The number of likely N-dealkylation sites (N-methyl/N-ethyl adjacent to an activating group) is 1. The van der Waals surface area contributed by atoms with Crippen molar-refractivity contribution in [2.75, 3.05) is 30.5 Å². The number of phenols is 1. The van der Waals surface area contributed by atoms with E-state index < -0.39 is 0 Å². The number of benzene rings is 2. The third-order valence-corrected chi connectivity index (χ3v) is 4.71. The van der Waals surface area contributed by atoms with Gasteiger partial charge in [0.25, 0.3) is 5.91 Å². The quantitative estimate of drug-likeness (QED) is 0.879. The molecule has 2 aliphatic rings. The Bertz CT molecular complexity index is 803. The lowest BCUT2D eigenvalue weighted by atomic mass is 10.1. The van der Waals surface area contributed by atoms with Crippen LogP contribution in [0.25, 0.3) is 0 Å². The Kier molecular flexibility index (Phi) is 2.98. The highest BCUT2D eigenvalue weighted by Gasteiger charge is 2.39. The lowest BCUT2D eigenvalue weighted by Crippen LogP contribution is -2.41. The molecule has 0 radical (unpaired) electrons. The minimum atomic E-state index is -0.0439. The van der Waals surface area contributed by atoms with Gasteiger partial charge in [-0.1, -0.05) is 18.2 Å². The van der Waals surface area contributed by atoms with Crippen LogP contribution in [0, 0.1) is 0 Å². The number of amides is 1. The van der Waals surface area contributed by atoms with E-state index in [0.29, 0.717) is 11.3 Å². The molecule has 5 nitrogen and oxygen atoms in total. The van der Waals surface area contributed by atoms with Gasteiger partial charge in [0.2, 0.25) is 0 Å². The van der Waals surface area contributed by atoms with Crippen LogP contribution in [0.3, 0.4) is 0 Å². The lowest BCUT2D eigenvalue weighted by molar-refractivity contribution is 0.0983. The first kappa shape index (κ1) is 13.9. The first-order valence-corrected chi connectivity index (χ1v) is 7.63. The van der Waals surface area contributed by atoms with Gasteiger partial charge in [-0.2, -0.15) is 0 Å². The van der Waals surface area contributed by atoms with Gasteiger partial charge in [-0.25, -0.2) is 0 Å². The third kappa shape index (κ3) is 1.96. The van der Waals surface area contributed by atoms with Crippen molar-refractivity contribution < 1.29 is 14.6 Å². The van der Waals surface area contributed by atoms with Gasteiger partial charge in [-0.05, 0) is 24.1 Å². The van der Waals surface area contributed by atoms with Crippen LogP contribution in [-0.2, 0) is 6.42 Å². The summed E-state index contributed by atoms with van der Waals surface area (Å²) in [5, 5.41) is 10.0. The van der Waals surface area contributed by atoms with Gasteiger partial charge >= 0.3 is 0 Å². The van der Waals surface area contributed by atoms with Gasteiger partial charge in [0.05, 0.1) is 24.4 Å². The number of nitrogens with zero attached hydrogens (tertiary/aromatic N) is 2. The van der Waals surface area contributed by atoms with Crippen LogP contribution in [-0.4, -0.2) is 37.8 Å².